The molecule has 1 heterocycles. The summed E-state index contributed by atoms with van der Waals surface area (Å²) in [7, 11) is 0. The second kappa shape index (κ2) is 8.17. The summed E-state index contributed by atoms with van der Waals surface area (Å²) in [5, 5.41) is 0. The Kier molecular flexibility index (Phi) is 5.71. The van der Waals surface area contributed by atoms with Crippen molar-refractivity contribution in [1.82, 2.24) is 9.80 Å². The van der Waals surface area contributed by atoms with Crippen LogP contribution in [0.2, 0.25) is 0 Å². The van der Waals surface area contributed by atoms with E-state index in [1.165, 1.54) is 11.1 Å². The Hall–Kier alpha value is -2.62. The van der Waals surface area contributed by atoms with Crippen molar-refractivity contribution < 1.29 is 9.59 Å². The molecule has 3 rings (SSSR count). The summed E-state index contributed by atoms with van der Waals surface area (Å²) in [6, 6.07) is 16.1. The van der Waals surface area contributed by atoms with Crippen LogP contribution < -0.4 is 0 Å². The molecule has 0 aliphatic carbocycles. The van der Waals surface area contributed by atoms with Gasteiger partial charge in [0, 0.05) is 26.2 Å². The molecule has 2 aromatic carbocycles. The number of amides is 2. The van der Waals surface area contributed by atoms with Gasteiger partial charge in [0.25, 0.3) is 0 Å². The molecule has 0 bridgehead atoms. The molecule has 26 heavy (non-hydrogen) atoms. The Bertz CT molecular complexity index is 725. The summed E-state index contributed by atoms with van der Waals surface area (Å²) >= 11 is 0. The Morgan fingerprint density at radius 1 is 0.731 bits per heavy atom. The molecule has 0 spiro atoms. The molecule has 1 saturated heterocycles. The van der Waals surface area contributed by atoms with Crippen LogP contribution in [0.5, 0.6) is 0 Å². The second-order valence-electron chi connectivity index (χ2n) is 7.09. The molecule has 4 heteroatoms. The Morgan fingerprint density at radius 2 is 1.12 bits per heavy atom. The predicted molar refractivity (Wildman–Crippen MR) is 103 cm³/mol. The van der Waals surface area contributed by atoms with Gasteiger partial charge in [-0.25, -0.2) is 0 Å². The van der Waals surface area contributed by atoms with Crippen molar-refractivity contribution in [2.75, 3.05) is 26.2 Å². The first-order valence-corrected chi connectivity index (χ1v) is 9.18. The van der Waals surface area contributed by atoms with Crippen LogP contribution in [0.4, 0.5) is 0 Å². The number of benzene rings is 2. The fraction of sp³-hybridized carbons (Fsp3) is 0.364. The van der Waals surface area contributed by atoms with Crippen molar-refractivity contribution in [2.24, 2.45) is 0 Å². The number of nitrogens with zero attached hydrogens (tertiary/aromatic N) is 2. The third-order valence-electron chi connectivity index (χ3n) is 4.86. The molecule has 0 radical (unpaired) electrons. The van der Waals surface area contributed by atoms with Crippen LogP contribution in [0, 0.1) is 13.8 Å². The van der Waals surface area contributed by atoms with Crippen LogP contribution in [0.1, 0.15) is 22.3 Å². The van der Waals surface area contributed by atoms with Gasteiger partial charge in [-0.15, -0.1) is 0 Å². The maximum atomic E-state index is 12.5. The van der Waals surface area contributed by atoms with Gasteiger partial charge < -0.3 is 9.80 Å². The molecule has 1 fully saturated rings. The SMILES string of the molecule is Cc1cccc(CC(=O)N2CCN(C(=O)Cc3cccc(C)c3)CC2)c1. The number of piperazine rings is 1. The number of carbonyl (C=O) groups excluding carboxylic acids is 2. The predicted octanol–water partition coefficient (Wildman–Crippen LogP) is 2.76. The van der Waals surface area contributed by atoms with E-state index in [-0.39, 0.29) is 11.8 Å². The smallest absolute Gasteiger partial charge is 0.227 e. The monoisotopic (exact) mass is 350 g/mol. The minimum absolute atomic E-state index is 0.140. The van der Waals surface area contributed by atoms with Gasteiger partial charge in [-0.1, -0.05) is 59.7 Å². The van der Waals surface area contributed by atoms with Gasteiger partial charge in [0.15, 0.2) is 0 Å². The highest BCUT2D eigenvalue weighted by Crippen LogP contribution is 2.11. The van der Waals surface area contributed by atoms with E-state index < -0.39 is 0 Å². The van der Waals surface area contributed by atoms with E-state index in [0.717, 1.165) is 11.1 Å². The van der Waals surface area contributed by atoms with Gasteiger partial charge >= 0.3 is 0 Å². The van der Waals surface area contributed by atoms with Crippen LogP contribution >= 0.6 is 0 Å². The minimum atomic E-state index is 0.140. The first-order chi connectivity index (χ1) is 12.5. The van der Waals surface area contributed by atoms with Crippen LogP contribution in [-0.2, 0) is 22.4 Å². The number of hydrogen-bond donors (Lipinski definition) is 0. The highest BCUT2D eigenvalue weighted by molar-refractivity contribution is 5.81. The maximum absolute atomic E-state index is 12.5. The molecule has 2 amide bonds. The number of rotatable bonds is 4. The normalized spacial score (nSPS) is 14.4. The summed E-state index contributed by atoms with van der Waals surface area (Å²) in [6.07, 6.45) is 0.859. The van der Waals surface area contributed by atoms with Crippen LogP contribution in [-0.4, -0.2) is 47.8 Å². The summed E-state index contributed by atoms with van der Waals surface area (Å²) < 4.78 is 0. The molecule has 0 aromatic heterocycles. The Morgan fingerprint density at radius 3 is 1.46 bits per heavy atom. The van der Waals surface area contributed by atoms with Crippen molar-refractivity contribution in [3.8, 4) is 0 Å². The third-order valence-corrected chi connectivity index (χ3v) is 4.86. The fourth-order valence-corrected chi connectivity index (χ4v) is 3.42. The Labute approximate surface area is 155 Å². The van der Waals surface area contributed by atoms with E-state index in [9.17, 15) is 9.59 Å². The van der Waals surface area contributed by atoms with Crippen molar-refractivity contribution >= 4 is 11.8 Å². The second-order valence-corrected chi connectivity index (χ2v) is 7.09. The van der Waals surface area contributed by atoms with Crippen molar-refractivity contribution in [1.29, 1.82) is 0 Å². The van der Waals surface area contributed by atoms with Gasteiger partial charge in [-0.3, -0.25) is 9.59 Å². The molecule has 4 nitrogen and oxygen atoms in total. The third kappa shape index (κ3) is 4.72. The van der Waals surface area contributed by atoms with Gasteiger partial charge in [-0.05, 0) is 25.0 Å². The fourth-order valence-electron chi connectivity index (χ4n) is 3.42. The first-order valence-electron chi connectivity index (χ1n) is 9.18. The lowest BCUT2D eigenvalue weighted by atomic mass is 10.1. The molecule has 1 aliphatic heterocycles. The molecule has 0 saturated carbocycles. The molecule has 136 valence electrons. The van der Waals surface area contributed by atoms with Gasteiger partial charge in [0.2, 0.25) is 11.8 Å². The summed E-state index contributed by atoms with van der Waals surface area (Å²) in [5.41, 5.74) is 4.43. The van der Waals surface area contributed by atoms with Crippen LogP contribution in [0.15, 0.2) is 48.5 Å². The molecule has 0 unspecified atom stereocenters. The largest absolute Gasteiger partial charge is 0.339 e. The van der Waals surface area contributed by atoms with E-state index in [1.54, 1.807) is 0 Å². The molecule has 2 aromatic rings. The van der Waals surface area contributed by atoms with E-state index in [4.69, 9.17) is 0 Å². The van der Waals surface area contributed by atoms with Gasteiger partial charge in [0.1, 0.15) is 0 Å². The van der Waals surface area contributed by atoms with Crippen LogP contribution in [0.3, 0.4) is 0 Å². The van der Waals surface area contributed by atoms with Gasteiger partial charge in [0.05, 0.1) is 12.8 Å². The standard InChI is InChI=1S/C22H26N2O2/c1-17-5-3-7-19(13-17)15-21(25)23-9-11-24(12-10-23)22(26)16-20-8-4-6-18(2)14-20/h3-8,13-14H,9-12,15-16H2,1-2H3. The number of carbonyl (C=O) groups is 2. The Balaban J connectivity index is 1.50. The van der Waals surface area contributed by atoms with Crippen molar-refractivity contribution in [3.63, 3.8) is 0 Å². The summed E-state index contributed by atoms with van der Waals surface area (Å²) in [6.45, 7) is 6.53. The highest BCUT2D eigenvalue weighted by Gasteiger charge is 2.24. The molecule has 1 aliphatic rings. The van der Waals surface area contributed by atoms with Crippen molar-refractivity contribution in [3.05, 3.63) is 70.8 Å². The minimum Gasteiger partial charge on any atom is -0.339 e. The zero-order chi connectivity index (χ0) is 18.5. The maximum Gasteiger partial charge on any atom is 0.227 e. The lowest BCUT2D eigenvalue weighted by Gasteiger charge is -2.35. The van der Waals surface area contributed by atoms with Gasteiger partial charge in [-0.2, -0.15) is 0 Å². The molecular weight excluding hydrogens is 324 g/mol. The highest BCUT2D eigenvalue weighted by atomic mass is 16.2. The summed E-state index contributed by atoms with van der Waals surface area (Å²) in [4.78, 5) is 28.8. The average molecular weight is 350 g/mol. The zero-order valence-corrected chi connectivity index (χ0v) is 15.6. The number of hydrogen-bond acceptors (Lipinski definition) is 2. The van der Waals surface area contributed by atoms with E-state index in [0.29, 0.717) is 39.0 Å². The van der Waals surface area contributed by atoms with Crippen LogP contribution in [0.25, 0.3) is 0 Å². The number of aryl methyl sites for hydroxylation is 2. The zero-order valence-electron chi connectivity index (χ0n) is 15.6. The van der Waals surface area contributed by atoms with E-state index in [2.05, 4.69) is 12.1 Å². The van der Waals surface area contributed by atoms with Crippen molar-refractivity contribution in [2.45, 2.75) is 26.7 Å². The molecule has 0 N–H and O–H groups in total. The molecule has 0 atom stereocenters. The topological polar surface area (TPSA) is 40.6 Å². The van der Waals surface area contributed by atoms with E-state index in [1.807, 2.05) is 60.0 Å². The first kappa shape index (κ1) is 18.2. The lowest BCUT2D eigenvalue weighted by molar-refractivity contribution is -0.138. The van der Waals surface area contributed by atoms with E-state index >= 15 is 0 Å². The quantitative estimate of drug-likeness (QED) is 0.851. The molecular formula is C22H26N2O2. The lowest BCUT2D eigenvalue weighted by Crippen LogP contribution is -2.51. The average Bonchev–Trinajstić information content (AvgIpc) is 2.62. The summed E-state index contributed by atoms with van der Waals surface area (Å²) in [5.74, 6) is 0.280.